The lowest BCUT2D eigenvalue weighted by atomic mass is 9.99. The Bertz CT molecular complexity index is 517. The summed E-state index contributed by atoms with van der Waals surface area (Å²) in [5.74, 6) is -0.250. The number of carbonyl (C=O) groups is 2. The lowest BCUT2D eigenvalue weighted by molar-refractivity contribution is -0.155. The molecule has 0 fully saturated rings. The number of esters is 1. The molecule has 0 saturated heterocycles. The lowest BCUT2D eigenvalue weighted by Crippen LogP contribution is -2.39. The van der Waals surface area contributed by atoms with Gasteiger partial charge in [0, 0.05) is 18.7 Å². The van der Waals surface area contributed by atoms with Crippen molar-refractivity contribution >= 4 is 11.9 Å². The quantitative estimate of drug-likeness (QED) is 0.796. The standard InChI is InChI=1S/C16H21NO3/c1-16(2,3)20-14(18)9-11-17-10-8-12-6-4-5-7-13(12)15(17)19/h4-7H,8-11H2,1-3H3. The number of benzene rings is 1. The van der Waals surface area contributed by atoms with Gasteiger partial charge in [-0.1, -0.05) is 18.2 Å². The van der Waals surface area contributed by atoms with Crippen molar-refractivity contribution in [1.82, 2.24) is 4.90 Å². The van der Waals surface area contributed by atoms with Crippen molar-refractivity contribution in [1.29, 1.82) is 0 Å². The maximum absolute atomic E-state index is 12.3. The molecule has 0 bridgehead atoms. The van der Waals surface area contributed by atoms with E-state index in [1.54, 1.807) is 4.90 Å². The van der Waals surface area contributed by atoms with E-state index in [0.717, 1.165) is 17.5 Å². The molecule has 1 aromatic carbocycles. The molecule has 0 atom stereocenters. The van der Waals surface area contributed by atoms with Crippen molar-refractivity contribution in [3.05, 3.63) is 35.4 Å². The molecular formula is C16H21NO3. The Kier molecular flexibility index (Phi) is 4.12. The van der Waals surface area contributed by atoms with Gasteiger partial charge in [0.15, 0.2) is 0 Å². The molecule has 108 valence electrons. The minimum Gasteiger partial charge on any atom is -0.460 e. The third-order valence-corrected chi connectivity index (χ3v) is 3.19. The molecule has 1 aliphatic heterocycles. The van der Waals surface area contributed by atoms with E-state index in [4.69, 9.17) is 4.74 Å². The van der Waals surface area contributed by atoms with Crippen LogP contribution in [-0.4, -0.2) is 35.5 Å². The molecule has 2 rings (SSSR count). The van der Waals surface area contributed by atoms with Crippen LogP contribution < -0.4 is 0 Å². The first-order valence-electron chi connectivity index (χ1n) is 6.96. The summed E-state index contributed by atoms with van der Waals surface area (Å²) in [6, 6.07) is 7.65. The highest BCUT2D eigenvalue weighted by molar-refractivity contribution is 5.96. The van der Waals surface area contributed by atoms with Crippen molar-refractivity contribution < 1.29 is 14.3 Å². The number of fused-ring (bicyclic) bond motifs is 1. The fourth-order valence-electron chi connectivity index (χ4n) is 2.31. The second-order valence-corrected chi connectivity index (χ2v) is 6.04. The normalized spacial score (nSPS) is 14.9. The summed E-state index contributed by atoms with van der Waals surface area (Å²) in [5, 5.41) is 0. The molecule has 1 aliphatic rings. The monoisotopic (exact) mass is 275 g/mol. The van der Waals surface area contributed by atoms with Crippen LogP contribution in [0.25, 0.3) is 0 Å². The summed E-state index contributed by atoms with van der Waals surface area (Å²) in [6.07, 6.45) is 1.08. The van der Waals surface area contributed by atoms with Crippen molar-refractivity contribution in [2.75, 3.05) is 13.1 Å². The Labute approximate surface area is 119 Å². The molecule has 0 saturated carbocycles. The van der Waals surface area contributed by atoms with E-state index in [0.29, 0.717) is 13.1 Å². The Morgan fingerprint density at radius 3 is 2.70 bits per heavy atom. The zero-order chi connectivity index (χ0) is 14.8. The van der Waals surface area contributed by atoms with E-state index in [9.17, 15) is 9.59 Å². The molecule has 1 heterocycles. The number of nitrogens with zero attached hydrogens (tertiary/aromatic N) is 1. The first kappa shape index (κ1) is 14.6. The average molecular weight is 275 g/mol. The first-order valence-corrected chi connectivity index (χ1v) is 6.96. The van der Waals surface area contributed by atoms with Gasteiger partial charge in [-0.15, -0.1) is 0 Å². The lowest BCUT2D eigenvalue weighted by Gasteiger charge is -2.28. The zero-order valence-electron chi connectivity index (χ0n) is 12.3. The maximum atomic E-state index is 12.3. The second kappa shape index (κ2) is 5.65. The molecule has 20 heavy (non-hydrogen) atoms. The fourth-order valence-corrected chi connectivity index (χ4v) is 2.31. The smallest absolute Gasteiger partial charge is 0.308 e. The van der Waals surface area contributed by atoms with Gasteiger partial charge in [-0.25, -0.2) is 0 Å². The summed E-state index contributed by atoms with van der Waals surface area (Å²) in [7, 11) is 0. The highest BCUT2D eigenvalue weighted by Gasteiger charge is 2.25. The van der Waals surface area contributed by atoms with Gasteiger partial charge in [0.25, 0.3) is 5.91 Å². The third-order valence-electron chi connectivity index (χ3n) is 3.19. The van der Waals surface area contributed by atoms with Crippen LogP contribution in [0.4, 0.5) is 0 Å². The van der Waals surface area contributed by atoms with Crippen LogP contribution in [0.1, 0.15) is 43.1 Å². The Hall–Kier alpha value is -1.84. The molecule has 0 aromatic heterocycles. The highest BCUT2D eigenvalue weighted by Crippen LogP contribution is 2.19. The summed E-state index contributed by atoms with van der Waals surface area (Å²) >= 11 is 0. The van der Waals surface area contributed by atoms with Crippen molar-refractivity contribution in [2.45, 2.75) is 39.2 Å². The van der Waals surface area contributed by atoms with Crippen LogP contribution >= 0.6 is 0 Å². The topological polar surface area (TPSA) is 46.6 Å². The minimum atomic E-state index is -0.477. The minimum absolute atomic E-state index is 0.00964. The van der Waals surface area contributed by atoms with Crippen LogP contribution in [0.5, 0.6) is 0 Å². The SMILES string of the molecule is CC(C)(C)OC(=O)CCN1CCc2ccccc2C1=O. The summed E-state index contributed by atoms with van der Waals surface area (Å²) in [6.45, 7) is 6.61. The summed E-state index contributed by atoms with van der Waals surface area (Å²) < 4.78 is 5.26. The van der Waals surface area contributed by atoms with Crippen LogP contribution in [0, 0.1) is 0 Å². The van der Waals surface area contributed by atoms with Crippen LogP contribution in [-0.2, 0) is 16.0 Å². The van der Waals surface area contributed by atoms with E-state index in [2.05, 4.69) is 0 Å². The van der Waals surface area contributed by atoms with E-state index < -0.39 is 5.60 Å². The maximum Gasteiger partial charge on any atom is 0.308 e. The van der Waals surface area contributed by atoms with Crippen LogP contribution in [0.3, 0.4) is 0 Å². The van der Waals surface area contributed by atoms with Crippen LogP contribution in [0.15, 0.2) is 24.3 Å². The number of hydrogen-bond acceptors (Lipinski definition) is 3. The zero-order valence-corrected chi connectivity index (χ0v) is 12.3. The van der Waals surface area contributed by atoms with Gasteiger partial charge < -0.3 is 9.64 Å². The molecule has 1 aromatic rings. The molecule has 0 spiro atoms. The molecule has 1 amide bonds. The Morgan fingerprint density at radius 1 is 1.30 bits per heavy atom. The number of rotatable bonds is 3. The Balaban J connectivity index is 1.93. The Morgan fingerprint density at radius 2 is 2.00 bits per heavy atom. The predicted octanol–water partition coefficient (Wildman–Crippen LogP) is 2.42. The highest BCUT2D eigenvalue weighted by atomic mass is 16.6. The number of ether oxygens (including phenoxy) is 1. The van der Waals surface area contributed by atoms with Crippen molar-refractivity contribution in [3.8, 4) is 0 Å². The van der Waals surface area contributed by atoms with E-state index in [-0.39, 0.29) is 18.3 Å². The van der Waals surface area contributed by atoms with Crippen molar-refractivity contribution in [3.63, 3.8) is 0 Å². The van der Waals surface area contributed by atoms with E-state index >= 15 is 0 Å². The largest absolute Gasteiger partial charge is 0.460 e. The first-order chi connectivity index (χ1) is 9.37. The fraction of sp³-hybridized carbons (Fsp3) is 0.500. The molecule has 0 aliphatic carbocycles. The summed E-state index contributed by atoms with van der Waals surface area (Å²) in [4.78, 5) is 25.7. The van der Waals surface area contributed by atoms with Crippen molar-refractivity contribution in [2.24, 2.45) is 0 Å². The number of amides is 1. The molecule has 0 N–H and O–H groups in total. The third kappa shape index (κ3) is 3.59. The van der Waals surface area contributed by atoms with Gasteiger partial charge in [-0.3, -0.25) is 9.59 Å². The van der Waals surface area contributed by atoms with Gasteiger partial charge in [-0.05, 0) is 38.8 Å². The van der Waals surface area contributed by atoms with Gasteiger partial charge in [0.2, 0.25) is 0 Å². The predicted molar refractivity (Wildman–Crippen MR) is 76.5 cm³/mol. The molecule has 4 nitrogen and oxygen atoms in total. The van der Waals surface area contributed by atoms with Gasteiger partial charge in [-0.2, -0.15) is 0 Å². The number of carbonyl (C=O) groups excluding carboxylic acids is 2. The van der Waals surface area contributed by atoms with Gasteiger partial charge >= 0.3 is 5.97 Å². The molecule has 0 radical (unpaired) electrons. The summed E-state index contributed by atoms with van der Waals surface area (Å²) in [5.41, 5.74) is 1.37. The van der Waals surface area contributed by atoms with Gasteiger partial charge in [0.1, 0.15) is 5.60 Å². The molecular weight excluding hydrogens is 254 g/mol. The molecule has 0 unspecified atom stereocenters. The van der Waals surface area contributed by atoms with E-state index in [1.165, 1.54) is 0 Å². The van der Waals surface area contributed by atoms with E-state index in [1.807, 2.05) is 45.0 Å². The number of hydrogen-bond donors (Lipinski definition) is 0. The van der Waals surface area contributed by atoms with Gasteiger partial charge in [0.05, 0.1) is 6.42 Å². The second-order valence-electron chi connectivity index (χ2n) is 6.04. The van der Waals surface area contributed by atoms with Crippen LogP contribution in [0.2, 0.25) is 0 Å². The molecule has 4 heteroatoms. The average Bonchev–Trinajstić information content (AvgIpc) is 2.36.